The zero-order chi connectivity index (χ0) is 18.4. The Morgan fingerprint density at radius 1 is 0.958 bits per heavy atom. The summed E-state index contributed by atoms with van der Waals surface area (Å²) in [5.74, 6) is -1.30. The molecule has 24 heavy (non-hydrogen) atoms. The summed E-state index contributed by atoms with van der Waals surface area (Å²) < 4.78 is 46.2. The van der Waals surface area contributed by atoms with Gasteiger partial charge in [-0.3, -0.25) is 9.36 Å². The van der Waals surface area contributed by atoms with E-state index in [0.717, 1.165) is 0 Å². The Balaban J connectivity index is 3.28. The number of benzene rings is 1. The summed E-state index contributed by atoms with van der Waals surface area (Å²) >= 11 is 0. The van der Waals surface area contributed by atoms with Crippen LogP contribution in [0, 0.1) is 0 Å². The number of halogens is 2. The van der Waals surface area contributed by atoms with Gasteiger partial charge in [0, 0.05) is 32.6 Å². The molecule has 0 spiro atoms. The van der Waals surface area contributed by atoms with Crippen LogP contribution in [-0.2, 0) is 15.8 Å². The standard InChI is InChI=1S/C17H27F2N2O2P/c1-5-20(6-2)24(23,21(7-3)8-4)17(18,19)16(22)14-15-12-10-9-11-13-15/h9-13H,5-8,14H2,1-4H3. The fourth-order valence-corrected chi connectivity index (χ4v) is 5.80. The van der Waals surface area contributed by atoms with Crippen LogP contribution in [0.2, 0.25) is 0 Å². The molecule has 0 saturated carbocycles. The second-order valence-corrected chi connectivity index (χ2v) is 8.23. The van der Waals surface area contributed by atoms with Crippen molar-refractivity contribution in [3.8, 4) is 0 Å². The van der Waals surface area contributed by atoms with Gasteiger partial charge in [0.05, 0.1) is 0 Å². The minimum absolute atomic E-state index is 0.193. The van der Waals surface area contributed by atoms with Gasteiger partial charge in [-0.1, -0.05) is 58.0 Å². The van der Waals surface area contributed by atoms with Gasteiger partial charge < -0.3 is 0 Å². The molecule has 0 atom stereocenters. The SMILES string of the molecule is CCN(CC)P(=O)(N(CC)CC)C(F)(F)C(=O)Cc1ccccc1. The molecule has 0 saturated heterocycles. The molecular weight excluding hydrogens is 333 g/mol. The molecule has 136 valence electrons. The third kappa shape index (κ3) is 3.93. The van der Waals surface area contributed by atoms with Crippen LogP contribution in [0.1, 0.15) is 33.3 Å². The average molecular weight is 360 g/mol. The molecule has 0 bridgehead atoms. The quantitative estimate of drug-likeness (QED) is 0.585. The van der Waals surface area contributed by atoms with Crippen LogP contribution in [0.5, 0.6) is 0 Å². The van der Waals surface area contributed by atoms with E-state index in [0.29, 0.717) is 5.56 Å². The van der Waals surface area contributed by atoms with Crippen LogP contribution in [-0.4, -0.2) is 47.0 Å². The van der Waals surface area contributed by atoms with Crippen molar-refractivity contribution in [2.45, 2.75) is 39.8 Å². The Hall–Kier alpha value is -1.10. The van der Waals surface area contributed by atoms with Crippen molar-refractivity contribution in [3.63, 3.8) is 0 Å². The average Bonchev–Trinajstić information content (AvgIpc) is 2.57. The lowest BCUT2D eigenvalue weighted by atomic mass is 10.1. The molecule has 0 aliphatic heterocycles. The fourth-order valence-electron chi connectivity index (χ4n) is 2.80. The topological polar surface area (TPSA) is 40.6 Å². The van der Waals surface area contributed by atoms with Crippen molar-refractivity contribution in [2.24, 2.45) is 0 Å². The Kier molecular flexibility index (Phi) is 7.71. The van der Waals surface area contributed by atoms with Gasteiger partial charge in [-0.25, -0.2) is 9.34 Å². The van der Waals surface area contributed by atoms with Gasteiger partial charge in [-0.15, -0.1) is 0 Å². The van der Waals surface area contributed by atoms with E-state index >= 15 is 8.78 Å². The number of rotatable bonds is 10. The second-order valence-electron chi connectivity index (χ2n) is 5.45. The first kappa shape index (κ1) is 20.9. The van der Waals surface area contributed by atoms with Crippen molar-refractivity contribution in [3.05, 3.63) is 35.9 Å². The Labute approximate surface area is 143 Å². The van der Waals surface area contributed by atoms with Crippen molar-refractivity contribution in [2.75, 3.05) is 26.2 Å². The summed E-state index contributed by atoms with van der Waals surface area (Å²) in [6.07, 6.45) is -0.430. The smallest absolute Gasteiger partial charge is 0.292 e. The van der Waals surface area contributed by atoms with Crippen molar-refractivity contribution in [1.82, 2.24) is 9.34 Å². The third-order valence-corrected chi connectivity index (χ3v) is 7.78. The summed E-state index contributed by atoms with van der Waals surface area (Å²) in [4.78, 5) is 12.4. The molecule has 0 amide bonds. The zero-order valence-electron chi connectivity index (χ0n) is 14.8. The van der Waals surface area contributed by atoms with Crippen LogP contribution < -0.4 is 0 Å². The molecule has 0 aliphatic carbocycles. The van der Waals surface area contributed by atoms with Crippen molar-refractivity contribution >= 4 is 13.2 Å². The van der Waals surface area contributed by atoms with Gasteiger partial charge in [-0.2, -0.15) is 8.78 Å². The van der Waals surface area contributed by atoms with E-state index < -0.39 is 25.3 Å². The van der Waals surface area contributed by atoms with Gasteiger partial charge in [-0.05, 0) is 5.56 Å². The highest BCUT2D eigenvalue weighted by Crippen LogP contribution is 2.65. The van der Waals surface area contributed by atoms with Crippen LogP contribution in [0.4, 0.5) is 8.78 Å². The molecule has 0 aromatic heterocycles. The van der Waals surface area contributed by atoms with E-state index in [1.807, 2.05) is 0 Å². The van der Waals surface area contributed by atoms with Crippen LogP contribution in [0.15, 0.2) is 30.3 Å². The van der Waals surface area contributed by atoms with E-state index in [2.05, 4.69) is 0 Å². The Morgan fingerprint density at radius 3 is 1.75 bits per heavy atom. The molecule has 1 rings (SSSR count). The molecule has 0 heterocycles. The van der Waals surface area contributed by atoms with Crippen LogP contribution in [0.3, 0.4) is 0 Å². The molecule has 0 fully saturated rings. The number of carbonyl (C=O) groups is 1. The monoisotopic (exact) mass is 360 g/mol. The first-order valence-electron chi connectivity index (χ1n) is 8.35. The molecule has 7 heteroatoms. The number of alkyl halides is 2. The number of ketones is 1. The summed E-state index contributed by atoms with van der Waals surface area (Å²) in [7, 11) is -4.35. The Morgan fingerprint density at radius 2 is 1.38 bits per heavy atom. The minimum atomic E-state index is -4.35. The molecule has 4 nitrogen and oxygen atoms in total. The largest absolute Gasteiger partial charge is 0.381 e. The van der Waals surface area contributed by atoms with E-state index in [-0.39, 0.29) is 26.2 Å². The normalized spacial score (nSPS) is 12.8. The van der Waals surface area contributed by atoms with Gasteiger partial charge in [0.15, 0.2) is 0 Å². The summed E-state index contributed by atoms with van der Waals surface area (Å²) in [6, 6.07) is 8.37. The number of Topliss-reactive ketones (excluding diaryl/α,β-unsaturated/α-hetero) is 1. The summed E-state index contributed by atoms with van der Waals surface area (Å²) in [6.45, 7) is 7.48. The Bertz CT molecular complexity index is 557. The number of nitrogens with zero attached hydrogens (tertiary/aromatic N) is 2. The molecule has 0 aliphatic rings. The van der Waals surface area contributed by atoms with Gasteiger partial charge in [0.1, 0.15) is 0 Å². The van der Waals surface area contributed by atoms with Crippen molar-refractivity contribution < 1.29 is 18.1 Å². The fraction of sp³-hybridized carbons (Fsp3) is 0.588. The highest BCUT2D eigenvalue weighted by molar-refractivity contribution is 7.61. The molecule has 0 unspecified atom stereocenters. The first-order valence-corrected chi connectivity index (χ1v) is 9.96. The van der Waals surface area contributed by atoms with Crippen LogP contribution in [0.25, 0.3) is 0 Å². The number of hydrogen-bond donors (Lipinski definition) is 0. The van der Waals surface area contributed by atoms with Gasteiger partial charge >= 0.3 is 5.66 Å². The highest BCUT2D eigenvalue weighted by Gasteiger charge is 2.60. The first-order chi connectivity index (χ1) is 11.3. The maximum atomic E-state index is 15.1. The number of hydrogen-bond acceptors (Lipinski definition) is 2. The zero-order valence-corrected chi connectivity index (χ0v) is 15.7. The summed E-state index contributed by atoms with van der Waals surface area (Å²) in [5, 5.41) is 0. The lowest BCUT2D eigenvalue weighted by Crippen LogP contribution is -2.45. The lowest BCUT2D eigenvalue weighted by molar-refractivity contribution is -0.133. The maximum Gasteiger partial charge on any atom is 0.381 e. The lowest BCUT2D eigenvalue weighted by Gasteiger charge is -2.41. The molecule has 0 radical (unpaired) electrons. The third-order valence-electron chi connectivity index (χ3n) is 4.14. The van der Waals surface area contributed by atoms with Crippen molar-refractivity contribution in [1.29, 1.82) is 0 Å². The molecule has 1 aromatic rings. The van der Waals surface area contributed by atoms with E-state index in [4.69, 9.17) is 0 Å². The molecular formula is C17H27F2N2O2P. The number of carbonyl (C=O) groups excluding carboxylic acids is 1. The van der Waals surface area contributed by atoms with Gasteiger partial charge in [0.2, 0.25) is 5.78 Å². The van der Waals surface area contributed by atoms with E-state index in [1.54, 1.807) is 58.0 Å². The minimum Gasteiger partial charge on any atom is -0.292 e. The van der Waals surface area contributed by atoms with Crippen LogP contribution >= 0.6 is 7.44 Å². The van der Waals surface area contributed by atoms with E-state index in [1.165, 1.54) is 9.34 Å². The predicted octanol–water partition coefficient (Wildman–Crippen LogP) is 4.27. The molecule has 1 aromatic carbocycles. The predicted molar refractivity (Wildman–Crippen MR) is 93.5 cm³/mol. The summed E-state index contributed by atoms with van der Waals surface area (Å²) in [5.41, 5.74) is -3.42. The highest BCUT2D eigenvalue weighted by atomic mass is 31.2. The molecule has 0 N–H and O–H groups in total. The second kappa shape index (κ2) is 8.84. The van der Waals surface area contributed by atoms with E-state index in [9.17, 15) is 9.36 Å². The maximum absolute atomic E-state index is 15.1. The van der Waals surface area contributed by atoms with Gasteiger partial charge in [0.25, 0.3) is 7.44 Å².